The van der Waals surface area contributed by atoms with Crippen LogP contribution in [-0.2, 0) is 0 Å². The molecule has 0 spiro atoms. The van der Waals surface area contributed by atoms with Crippen molar-refractivity contribution in [1.82, 2.24) is 14.8 Å². The van der Waals surface area contributed by atoms with Gasteiger partial charge in [0.1, 0.15) is 17.9 Å². The fourth-order valence-electron chi connectivity index (χ4n) is 3.98. The molecule has 1 fully saturated rings. The van der Waals surface area contributed by atoms with Gasteiger partial charge in [0.05, 0.1) is 16.8 Å². The van der Waals surface area contributed by atoms with E-state index >= 15 is 0 Å². The van der Waals surface area contributed by atoms with Gasteiger partial charge in [0.15, 0.2) is 11.5 Å². The highest BCUT2D eigenvalue weighted by atomic mass is 79.9. The maximum atomic E-state index is 13.6. The third-order valence-corrected chi connectivity index (χ3v) is 6.91. The van der Waals surface area contributed by atoms with Crippen molar-refractivity contribution in [2.24, 2.45) is 0 Å². The summed E-state index contributed by atoms with van der Waals surface area (Å²) in [5, 5.41) is 9.62. The smallest absolute Gasteiger partial charge is 0.407 e. The molecular weight excluding hydrogens is 502 g/mol. The molecule has 0 radical (unpaired) electrons. The number of piperazine rings is 1. The second kappa shape index (κ2) is 8.78. The van der Waals surface area contributed by atoms with Crippen molar-refractivity contribution in [3.8, 4) is 17.2 Å². The molecule has 170 valence electrons. The van der Waals surface area contributed by atoms with Crippen LogP contribution in [-0.4, -0.2) is 64.2 Å². The summed E-state index contributed by atoms with van der Waals surface area (Å²) in [6.45, 7) is 6.75. The fraction of sp³-hybridized carbons (Fsp3) is 0.409. The number of carboxylic acid groups (broad SMARTS) is 1. The number of hydrogen-bond donors (Lipinski definition) is 1. The van der Waals surface area contributed by atoms with Crippen molar-refractivity contribution in [2.45, 2.75) is 32.7 Å². The minimum absolute atomic E-state index is 0.111. The van der Waals surface area contributed by atoms with Gasteiger partial charge in [0.25, 0.3) is 5.91 Å². The van der Waals surface area contributed by atoms with Crippen LogP contribution in [0, 0.1) is 6.92 Å². The third kappa shape index (κ3) is 3.99. The summed E-state index contributed by atoms with van der Waals surface area (Å²) in [5.74, 6) is 0.929. The SMILES string of the molecule is Cc1ccnc(C(C)C)c1Oc1cc(Br)c(Cl)c2c1C(=O)N1CCN(C(=O)O)C[C@H]1CO2. The third-order valence-electron chi connectivity index (χ3n) is 5.68. The van der Waals surface area contributed by atoms with Crippen LogP contribution < -0.4 is 9.47 Å². The molecule has 2 aliphatic rings. The number of amides is 2. The molecule has 1 saturated heterocycles. The molecule has 1 N–H and O–H groups in total. The summed E-state index contributed by atoms with van der Waals surface area (Å²) in [5.41, 5.74) is 1.89. The molecule has 1 atom stereocenters. The lowest BCUT2D eigenvalue weighted by atomic mass is 10.1. The topological polar surface area (TPSA) is 92.2 Å². The van der Waals surface area contributed by atoms with Gasteiger partial charge in [-0.15, -0.1) is 0 Å². The van der Waals surface area contributed by atoms with Gasteiger partial charge in [-0.05, 0) is 46.5 Å². The molecule has 32 heavy (non-hydrogen) atoms. The summed E-state index contributed by atoms with van der Waals surface area (Å²) in [6.07, 6.45) is 0.716. The van der Waals surface area contributed by atoms with Crippen molar-refractivity contribution in [3.63, 3.8) is 0 Å². The van der Waals surface area contributed by atoms with Gasteiger partial charge < -0.3 is 24.4 Å². The zero-order valence-electron chi connectivity index (χ0n) is 17.9. The van der Waals surface area contributed by atoms with Crippen molar-refractivity contribution in [2.75, 3.05) is 26.2 Å². The van der Waals surface area contributed by atoms with Crippen LogP contribution in [0.1, 0.15) is 41.4 Å². The van der Waals surface area contributed by atoms with Crippen LogP contribution in [0.2, 0.25) is 5.02 Å². The molecular formula is C22H23BrClN3O5. The molecule has 2 amide bonds. The molecule has 1 aromatic carbocycles. The second-order valence-electron chi connectivity index (χ2n) is 8.17. The number of carbonyl (C=O) groups is 2. The van der Waals surface area contributed by atoms with Gasteiger partial charge in [0, 0.05) is 30.3 Å². The van der Waals surface area contributed by atoms with Gasteiger partial charge in [-0.3, -0.25) is 9.78 Å². The Morgan fingerprint density at radius 3 is 2.84 bits per heavy atom. The predicted octanol–water partition coefficient (Wildman–Crippen LogP) is 4.92. The average Bonchev–Trinajstić information content (AvgIpc) is 2.89. The fourth-order valence-corrected chi connectivity index (χ4v) is 4.57. The molecule has 2 aliphatic heterocycles. The number of halogens is 2. The van der Waals surface area contributed by atoms with Crippen molar-refractivity contribution < 1.29 is 24.2 Å². The Balaban J connectivity index is 1.79. The Labute approximate surface area is 199 Å². The molecule has 3 heterocycles. The minimum atomic E-state index is -1.02. The van der Waals surface area contributed by atoms with Gasteiger partial charge in [-0.2, -0.15) is 0 Å². The minimum Gasteiger partial charge on any atom is -0.489 e. The molecule has 10 heteroatoms. The first-order valence-corrected chi connectivity index (χ1v) is 11.4. The molecule has 0 aliphatic carbocycles. The maximum Gasteiger partial charge on any atom is 0.407 e. The number of nitrogens with zero attached hydrogens (tertiary/aromatic N) is 3. The lowest BCUT2D eigenvalue weighted by Gasteiger charge is -2.38. The normalized spacial score (nSPS) is 18.1. The van der Waals surface area contributed by atoms with E-state index in [0.29, 0.717) is 16.0 Å². The number of carbonyl (C=O) groups excluding carboxylic acids is 1. The van der Waals surface area contributed by atoms with E-state index in [0.717, 1.165) is 11.3 Å². The monoisotopic (exact) mass is 523 g/mol. The van der Waals surface area contributed by atoms with E-state index in [9.17, 15) is 14.7 Å². The number of aromatic nitrogens is 1. The number of benzene rings is 1. The van der Waals surface area contributed by atoms with Crippen LogP contribution in [0.15, 0.2) is 22.8 Å². The summed E-state index contributed by atoms with van der Waals surface area (Å²) >= 11 is 9.94. The van der Waals surface area contributed by atoms with Gasteiger partial charge in [-0.25, -0.2) is 4.79 Å². The second-order valence-corrected chi connectivity index (χ2v) is 9.40. The van der Waals surface area contributed by atoms with Crippen LogP contribution in [0.3, 0.4) is 0 Å². The van der Waals surface area contributed by atoms with Crippen LogP contribution in [0.5, 0.6) is 17.2 Å². The van der Waals surface area contributed by atoms with Gasteiger partial charge >= 0.3 is 6.09 Å². The van der Waals surface area contributed by atoms with E-state index in [4.69, 9.17) is 21.1 Å². The van der Waals surface area contributed by atoms with Crippen LogP contribution >= 0.6 is 27.5 Å². The molecule has 0 saturated carbocycles. The summed E-state index contributed by atoms with van der Waals surface area (Å²) in [4.78, 5) is 32.4. The molecule has 8 nitrogen and oxygen atoms in total. The van der Waals surface area contributed by atoms with E-state index in [1.807, 2.05) is 26.8 Å². The molecule has 2 aromatic rings. The Morgan fingerprint density at radius 1 is 1.41 bits per heavy atom. The summed E-state index contributed by atoms with van der Waals surface area (Å²) in [6, 6.07) is 3.09. The highest BCUT2D eigenvalue weighted by Crippen LogP contribution is 2.46. The largest absolute Gasteiger partial charge is 0.489 e. The number of fused-ring (bicyclic) bond motifs is 2. The molecule has 4 rings (SSSR count). The van der Waals surface area contributed by atoms with E-state index in [2.05, 4.69) is 20.9 Å². The van der Waals surface area contributed by atoms with Gasteiger partial charge in [0.2, 0.25) is 0 Å². The van der Waals surface area contributed by atoms with E-state index in [-0.39, 0.29) is 54.4 Å². The lowest BCUT2D eigenvalue weighted by Crippen LogP contribution is -2.57. The average molecular weight is 525 g/mol. The van der Waals surface area contributed by atoms with Gasteiger partial charge in [-0.1, -0.05) is 25.4 Å². The van der Waals surface area contributed by atoms with Crippen molar-refractivity contribution in [3.05, 3.63) is 44.6 Å². The number of ether oxygens (including phenoxy) is 2. The highest BCUT2D eigenvalue weighted by molar-refractivity contribution is 9.10. The van der Waals surface area contributed by atoms with E-state index in [1.165, 1.54) is 4.90 Å². The standard InChI is InChI=1S/C22H23BrClN3O5/c1-11(2)18-19(12(3)4-5-25-18)32-15-8-14(23)17(24)20-16(15)21(28)27-7-6-26(22(29)30)9-13(27)10-31-20/h4-5,8,11,13H,6-7,9-10H2,1-3H3,(H,29,30)/t13-/m0/s1. The first-order chi connectivity index (χ1) is 15.2. The van der Waals surface area contributed by atoms with E-state index < -0.39 is 12.1 Å². The Morgan fingerprint density at radius 2 is 2.16 bits per heavy atom. The van der Waals surface area contributed by atoms with Crippen molar-refractivity contribution >= 4 is 39.5 Å². The first-order valence-electron chi connectivity index (χ1n) is 10.3. The van der Waals surface area contributed by atoms with E-state index in [1.54, 1.807) is 17.2 Å². The Kier molecular flexibility index (Phi) is 6.22. The zero-order chi connectivity index (χ0) is 23.2. The highest BCUT2D eigenvalue weighted by Gasteiger charge is 2.39. The number of rotatable bonds is 3. The molecule has 0 unspecified atom stereocenters. The number of hydrogen-bond acceptors (Lipinski definition) is 5. The van der Waals surface area contributed by atoms with Crippen LogP contribution in [0.25, 0.3) is 0 Å². The zero-order valence-corrected chi connectivity index (χ0v) is 20.2. The Bertz CT molecular complexity index is 1090. The number of aryl methyl sites for hydroxylation is 1. The lowest BCUT2D eigenvalue weighted by molar-refractivity contribution is 0.0389. The van der Waals surface area contributed by atoms with Crippen molar-refractivity contribution in [1.29, 1.82) is 0 Å². The summed E-state index contributed by atoms with van der Waals surface area (Å²) in [7, 11) is 0. The summed E-state index contributed by atoms with van der Waals surface area (Å²) < 4.78 is 12.8. The Hall–Kier alpha value is -2.52. The molecule has 0 bridgehead atoms. The quantitative estimate of drug-likeness (QED) is 0.613. The van der Waals surface area contributed by atoms with Crippen LogP contribution in [0.4, 0.5) is 4.79 Å². The predicted molar refractivity (Wildman–Crippen MR) is 122 cm³/mol. The maximum absolute atomic E-state index is 13.6. The number of pyridine rings is 1. The molecule has 1 aromatic heterocycles. The first kappa shape index (κ1) is 22.7.